The van der Waals surface area contributed by atoms with Gasteiger partial charge in [0.25, 0.3) is 15.9 Å². The molecule has 0 radical (unpaired) electrons. The molecular weight excluding hydrogens is 413 g/mol. The van der Waals surface area contributed by atoms with E-state index in [4.69, 9.17) is 0 Å². The van der Waals surface area contributed by atoms with Crippen molar-refractivity contribution in [3.63, 3.8) is 0 Å². The summed E-state index contributed by atoms with van der Waals surface area (Å²) in [6.07, 6.45) is -4.78. The van der Waals surface area contributed by atoms with Crippen LogP contribution in [0.4, 0.5) is 13.2 Å². The second-order valence-corrected chi connectivity index (χ2v) is 7.87. The predicted octanol–water partition coefficient (Wildman–Crippen LogP) is 3.26. The number of hydrogen-bond acceptors (Lipinski definition) is 5. The summed E-state index contributed by atoms with van der Waals surface area (Å²) in [5.74, 6) is -0.838. The first-order chi connectivity index (χ1) is 13.4. The van der Waals surface area contributed by atoms with Crippen molar-refractivity contribution >= 4 is 15.9 Å². The Morgan fingerprint density at radius 1 is 1.07 bits per heavy atom. The number of nitrogens with one attached hydrogen (secondary N) is 1. The average molecular weight is 432 g/mol. The van der Waals surface area contributed by atoms with Gasteiger partial charge < -0.3 is 10.1 Å². The van der Waals surface area contributed by atoms with Gasteiger partial charge in [-0.15, -0.1) is 13.2 Å². The summed E-state index contributed by atoms with van der Waals surface area (Å²) in [4.78, 5) is 17.0. The fourth-order valence-electron chi connectivity index (χ4n) is 2.35. The number of halogens is 3. The van der Waals surface area contributed by atoms with Crippen molar-refractivity contribution in [3.05, 3.63) is 59.7 Å². The van der Waals surface area contributed by atoms with Crippen molar-refractivity contribution in [2.45, 2.75) is 24.2 Å². The molecule has 1 unspecified atom stereocenters. The van der Waals surface area contributed by atoms with E-state index in [0.29, 0.717) is 10.0 Å². The Morgan fingerprint density at radius 3 is 2.10 bits per heavy atom. The van der Waals surface area contributed by atoms with Crippen molar-refractivity contribution in [3.8, 4) is 5.75 Å². The van der Waals surface area contributed by atoms with Gasteiger partial charge in [0.2, 0.25) is 0 Å². The number of benzene rings is 2. The number of carbonyl (C=O) groups is 1. The van der Waals surface area contributed by atoms with Crippen LogP contribution in [0, 0.1) is 0 Å². The first-order valence-electron chi connectivity index (χ1n) is 8.23. The number of nitrogens with zero attached hydrogens (tertiary/aromatic N) is 1. The number of hydroxylamine groups is 1. The Hall–Kier alpha value is -2.63. The Labute approximate surface area is 166 Å². The van der Waals surface area contributed by atoms with Gasteiger partial charge in [-0.2, -0.15) is 0 Å². The van der Waals surface area contributed by atoms with E-state index in [-0.39, 0.29) is 16.2 Å². The van der Waals surface area contributed by atoms with Crippen LogP contribution in [0.5, 0.6) is 5.75 Å². The molecule has 7 nitrogen and oxygen atoms in total. The zero-order valence-electron chi connectivity index (χ0n) is 15.7. The molecule has 0 bridgehead atoms. The predicted molar refractivity (Wildman–Crippen MR) is 97.4 cm³/mol. The second kappa shape index (κ2) is 8.80. The molecule has 11 heteroatoms. The minimum Gasteiger partial charge on any atom is -0.406 e. The molecule has 0 heterocycles. The molecule has 0 aliphatic carbocycles. The molecule has 2 aromatic rings. The minimum absolute atomic E-state index is 0.0494. The van der Waals surface area contributed by atoms with Crippen LogP contribution >= 0.6 is 0 Å². The van der Waals surface area contributed by atoms with E-state index >= 15 is 0 Å². The van der Waals surface area contributed by atoms with E-state index in [0.717, 1.165) is 12.1 Å². The maximum Gasteiger partial charge on any atom is 0.573 e. The van der Waals surface area contributed by atoms with E-state index in [1.165, 1.54) is 50.6 Å². The molecule has 1 atom stereocenters. The standard InChI is InChI=1S/C18H19F3N2O5S/c1-12(13-4-8-15(9-5-13)28-18(19,20)21)22-17(24)14-6-10-16(11-7-14)29(25,26)23(2)27-3/h4-12H,1-3H3,(H,22,24). The molecule has 0 fully saturated rings. The summed E-state index contributed by atoms with van der Waals surface area (Å²) < 4.78 is 65.4. The first-order valence-corrected chi connectivity index (χ1v) is 9.67. The summed E-state index contributed by atoms with van der Waals surface area (Å²) in [7, 11) is -1.38. The van der Waals surface area contributed by atoms with Gasteiger partial charge in [-0.3, -0.25) is 9.63 Å². The highest BCUT2D eigenvalue weighted by atomic mass is 32.2. The topological polar surface area (TPSA) is 84.9 Å². The van der Waals surface area contributed by atoms with E-state index in [2.05, 4.69) is 14.9 Å². The molecule has 2 rings (SSSR count). The monoisotopic (exact) mass is 432 g/mol. The molecule has 0 spiro atoms. The van der Waals surface area contributed by atoms with Gasteiger partial charge >= 0.3 is 6.36 Å². The smallest absolute Gasteiger partial charge is 0.406 e. The van der Waals surface area contributed by atoms with Crippen molar-refractivity contribution in [1.29, 1.82) is 0 Å². The van der Waals surface area contributed by atoms with Gasteiger partial charge in [0.1, 0.15) is 5.75 Å². The van der Waals surface area contributed by atoms with Crippen LogP contribution in [0.3, 0.4) is 0 Å². The van der Waals surface area contributed by atoms with Crippen LogP contribution in [0.1, 0.15) is 28.9 Å². The lowest BCUT2D eigenvalue weighted by molar-refractivity contribution is -0.274. The van der Waals surface area contributed by atoms with Crippen molar-refractivity contribution in [2.24, 2.45) is 0 Å². The van der Waals surface area contributed by atoms with Crippen LogP contribution in [0.25, 0.3) is 0 Å². The van der Waals surface area contributed by atoms with E-state index in [1.807, 2.05) is 0 Å². The number of amides is 1. The van der Waals surface area contributed by atoms with Crippen LogP contribution < -0.4 is 10.1 Å². The zero-order chi connectivity index (χ0) is 21.8. The summed E-state index contributed by atoms with van der Waals surface area (Å²) >= 11 is 0. The van der Waals surface area contributed by atoms with Gasteiger partial charge in [0.15, 0.2) is 0 Å². The summed E-state index contributed by atoms with van der Waals surface area (Å²) in [6.45, 7) is 1.66. The maximum absolute atomic E-state index is 12.4. The highest BCUT2D eigenvalue weighted by molar-refractivity contribution is 7.89. The van der Waals surface area contributed by atoms with Crippen LogP contribution in [0.2, 0.25) is 0 Å². The molecule has 29 heavy (non-hydrogen) atoms. The van der Waals surface area contributed by atoms with Crippen LogP contribution in [-0.2, 0) is 14.9 Å². The van der Waals surface area contributed by atoms with Crippen LogP contribution in [0.15, 0.2) is 53.4 Å². The number of ether oxygens (including phenoxy) is 1. The number of hydrogen-bond donors (Lipinski definition) is 1. The van der Waals surface area contributed by atoms with Crippen LogP contribution in [-0.4, -0.2) is 39.3 Å². The molecular formula is C18H19F3N2O5S. The van der Waals surface area contributed by atoms with Gasteiger partial charge in [0.05, 0.1) is 18.0 Å². The fourth-order valence-corrected chi connectivity index (χ4v) is 3.32. The number of carbonyl (C=O) groups excluding carboxylic acids is 1. The minimum atomic E-state index is -4.78. The lowest BCUT2D eigenvalue weighted by Crippen LogP contribution is -2.27. The molecule has 0 aromatic heterocycles. The fraction of sp³-hybridized carbons (Fsp3) is 0.278. The van der Waals surface area contributed by atoms with Gasteiger partial charge in [0, 0.05) is 12.6 Å². The third-order valence-electron chi connectivity index (χ3n) is 3.97. The lowest BCUT2D eigenvalue weighted by Gasteiger charge is -2.16. The summed E-state index contributed by atoms with van der Waals surface area (Å²) in [5, 5.41) is 2.69. The molecule has 1 N–H and O–H groups in total. The SMILES string of the molecule is CON(C)S(=O)(=O)c1ccc(C(=O)NC(C)c2ccc(OC(F)(F)F)cc2)cc1. The van der Waals surface area contributed by atoms with E-state index < -0.39 is 28.3 Å². The molecule has 0 aliphatic rings. The average Bonchev–Trinajstić information content (AvgIpc) is 2.66. The quantitative estimate of drug-likeness (QED) is 0.679. The molecule has 2 aromatic carbocycles. The first kappa shape index (κ1) is 22.7. The molecule has 0 saturated carbocycles. The summed E-state index contributed by atoms with van der Waals surface area (Å²) in [6, 6.07) is 9.84. The van der Waals surface area contributed by atoms with E-state index in [9.17, 15) is 26.4 Å². The maximum atomic E-state index is 12.4. The van der Waals surface area contributed by atoms with Crippen molar-refractivity contribution in [2.75, 3.05) is 14.2 Å². The Balaban J connectivity index is 2.06. The Kier molecular flexibility index (Phi) is 6.88. The highest BCUT2D eigenvalue weighted by Gasteiger charge is 2.31. The summed E-state index contributed by atoms with van der Waals surface area (Å²) in [5.41, 5.74) is 0.779. The molecule has 158 valence electrons. The normalized spacial score (nSPS) is 13.2. The highest BCUT2D eigenvalue weighted by Crippen LogP contribution is 2.24. The van der Waals surface area contributed by atoms with Gasteiger partial charge in [-0.25, -0.2) is 8.42 Å². The lowest BCUT2D eigenvalue weighted by atomic mass is 10.1. The second-order valence-electron chi connectivity index (χ2n) is 5.93. The van der Waals surface area contributed by atoms with Gasteiger partial charge in [-0.1, -0.05) is 16.6 Å². The number of sulfonamides is 1. The third kappa shape index (κ3) is 5.92. The van der Waals surface area contributed by atoms with Crippen molar-refractivity contribution < 1.29 is 36.0 Å². The Morgan fingerprint density at radius 2 is 1.62 bits per heavy atom. The Bertz CT molecular complexity index is 945. The molecule has 1 amide bonds. The number of alkyl halides is 3. The van der Waals surface area contributed by atoms with E-state index in [1.54, 1.807) is 6.92 Å². The molecule has 0 aliphatic heterocycles. The van der Waals surface area contributed by atoms with Crippen molar-refractivity contribution in [1.82, 2.24) is 9.79 Å². The third-order valence-corrected chi connectivity index (χ3v) is 5.67. The molecule has 0 saturated heterocycles. The largest absolute Gasteiger partial charge is 0.573 e. The zero-order valence-corrected chi connectivity index (χ0v) is 16.5. The van der Waals surface area contributed by atoms with Gasteiger partial charge in [-0.05, 0) is 48.9 Å². The number of rotatable bonds is 7.